The van der Waals surface area contributed by atoms with Gasteiger partial charge in [0, 0.05) is 21.6 Å². The van der Waals surface area contributed by atoms with Crippen molar-refractivity contribution < 1.29 is 4.42 Å². The minimum Gasteiger partial charge on any atom is -0.459 e. The van der Waals surface area contributed by atoms with Crippen LogP contribution in [-0.4, -0.2) is 4.98 Å². The third-order valence-electron chi connectivity index (χ3n) is 3.02. The van der Waals surface area contributed by atoms with E-state index in [0.29, 0.717) is 0 Å². The maximum atomic E-state index is 5.82. The molecular formula is C15H13BrN2O. The smallest absolute Gasteiger partial charge is 0.136 e. The van der Waals surface area contributed by atoms with Crippen LogP contribution >= 0.6 is 15.9 Å². The second-order valence-corrected chi connectivity index (χ2v) is 5.44. The zero-order chi connectivity index (χ0) is 13.4. The van der Waals surface area contributed by atoms with Gasteiger partial charge in [-0.15, -0.1) is 0 Å². The van der Waals surface area contributed by atoms with Crippen LogP contribution in [-0.2, 0) is 0 Å². The summed E-state index contributed by atoms with van der Waals surface area (Å²) >= 11 is 3.43. The van der Waals surface area contributed by atoms with E-state index in [1.54, 1.807) is 6.20 Å². The van der Waals surface area contributed by atoms with Crippen LogP contribution in [0.2, 0.25) is 0 Å². The van der Waals surface area contributed by atoms with Crippen LogP contribution in [0.15, 0.2) is 51.5 Å². The highest BCUT2D eigenvalue weighted by Crippen LogP contribution is 2.30. The SMILES string of the molecule is CC(N)c1ccc(-c2cccc3cc(Br)cnc23)o1. The Hall–Kier alpha value is -1.65. The van der Waals surface area contributed by atoms with Crippen molar-refractivity contribution in [2.75, 3.05) is 0 Å². The number of hydrogen-bond donors (Lipinski definition) is 1. The third kappa shape index (κ3) is 2.29. The van der Waals surface area contributed by atoms with Gasteiger partial charge in [-0.2, -0.15) is 0 Å². The first-order valence-electron chi connectivity index (χ1n) is 6.05. The fourth-order valence-electron chi connectivity index (χ4n) is 2.08. The summed E-state index contributed by atoms with van der Waals surface area (Å²) in [5.41, 5.74) is 7.73. The van der Waals surface area contributed by atoms with E-state index in [9.17, 15) is 0 Å². The Balaban J connectivity index is 2.18. The van der Waals surface area contributed by atoms with E-state index in [1.807, 2.05) is 43.3 Å². The summed E-state index contributed by atoms with van der Waals surface area (Å²) < 4.78 is 6.76. The van der Waals surface area contributed by atoms with Gasteiger partial charge < -0.3 is 10.2 Å². The van der Waals surface area contributed by atoms with Crippen molar-refractivity contribution >= 4 is 26.8 Å². The minimum atomic E-state index is -0.106. The summed E-state index contributed by atoms with van der Waals surface area (Å²) in [6.07, 6.45) is 1.79. The molecule has 19 heavy (non-hydrogen) atoms. The van der Waals surface area contributed by atoms with Crippen LogP contribution in [0.4, 0.5) is 0 Å². The van der Waals surface area contributed by atoms with Crippen LogP contribution in [0.5, 0.6) is 0 Å². The topological polar surface area (TPSA) is 52.0 Å². The largest absolute Gasteiger partial charge is 0.459 e. The quantitative estimate of drug-likeness (QED) is 0.767. The highest BCUT2D eigenvalue weighted by atomic mass is 79.9. The van der Waals surface area contributed by atoms with Crippen molar-refractivity contribution in [1.82, 2.24) is 4.98 Å². The predicted molar refractivity (Wildman–Crippen MR) is 79.7 cm³/mol. The molecule has 0 amide bonds. The van der Waals surface area contributed by atoms with Gasteiger partial charge in [-0.25, -0.2) is 0 Å². The summed E-state index contributed by atoms with van der Waals surface area (Å²) in [6, 6.07) is 11.8. The van der Waals surface area contributed by atoms with Crippen molar-refractivity contribution in [3.63, 3.8) is 0 Å². The Labute approximate surface area is 119 Å². The van der Waals surface area contributed by atoms with Gasteiger partial charge in [0.25, 0.3) is 0 Å². The number of fused-ring (bicyclic) bond motifs is 1. The lowest BCUT2D eigenvalue weighted by Gasteiger charge is -2.04. The van der Waals surface area contributed by atoms with Gasteiger partial charge in [0.2, 0.25) is 0 Å². The van der Waals surface area contributed by atoms with Crippen molar-refractivity contribution in [3.8, 4) is 11.3 Å². The predicted octanol–water partition coefficient (Wildman–Crippen LogP) is 4.28. The molecule has 0 aliphatic rings. The van der Waals surface area contributed by atoms with E-state index in [-0.39, 0.29) is 6.04 Å². The molecular weight excluding hydrogens is 304 g/mol. The summed E-state index contributed by atoms with van der Waals surface area (Å²) in [5, 5.41) is 1.07. The lowest BCUT2D eigenvalue weighted by atomic mass is 10.1. The third-order valence-corrected chi connectivity index (χ3v) is 3.45. The molecule has 0 fully saturated rings. The molecule has 1 atom stereocenters. The lowest BCUT2D eigenvalue weighted by Crippen LogP contribution is -2.02. The first kappa shape index (κ1) is 12.4. The molecule has 2 aromatic heterocycles. The number of para-hydroxylation sites is 1. The molecule has 1 unspecified atom stereocenters. The summed E-state index contributed by atoms with van der Waals surface area (Å²) in [6.45, 7) is 1.90. The van der Waals surface area contributed by atoms with Crippen molar-refractivity contribution in [3.05, 3.63) is 52.8 Å². The Morgan fingerprint density at radius 1 is 1.26 bits per heavy atom. The van der Waals surface area contributed by atoms with Crippen LogP contribution in [0.1, 0.15) is 18.7 Å². The Kier molecular flexibility index (Phi) is 3.12. The molecule has 3 rings (SSSR count). The molecule has 2 heterocycles. The second kappa shape index (κ2) is 4.79. The molecule has 3 nitrogen and oxygen atoms in total. The van der Waals surface area contributed by atoms with Crippen LogP contribution in [0, 0.1) is 0 Å². The fourth-order valence-corrected chi connectivity index (χ4v) is 2.42. The maximum Gasteiger partial charge on any atom is 0.136 e. The number of nitrogens with two attached hydrogens (primary N) is 1. The number of halogens is 1. The molecule has 0 aliphatic carbocycles. The molecule has 4 heteroatoms. The molecule has 0 radical (unpaired) electrons. The molecule has 0 bridgehead atoms. The summed E-state index contributed by atoms with van der Waals surface area (Å²) in [5.74, 6) is 1.58. The minimum absolute atomic E-state index is 0.106. The molecule has 3 aromatic rings. The molecule has 0 aliphatic heterocycles. The maximum absolute atomic E-state index is 5.82. The lowest BCUT2D eigenvalue weighted by molar-refractivity contribution is 0.491. The number of benzene rings is 1. The van der Waals surface area contributed by atoms with Crippen molar-refractivity contribution in [1.29, 1.82) is 0 Å². The van der Waals surface area contributed by atoms with Crippen molar-refractivity contribution in [2.45, 2.75) is 13.0 Å². The average Bonchev–Trinajstić information content (AvgIpc) is 2.87. The Morgan fingerprint density at radius 2 is 2.11 bits per heavy atom. The first-order valence-corrected chi connectivity index (χ1v) is 6.84. The number of aromatic nitrogens is 1. The van der Waals surface area contributed by atoms with E-state index in [1.165, 1.54) is 0 Å². The molecule has 0 spiro atoms. The summed E-state index contributed by atoms with van der Waals surface area (Å²) in [4.78, 5) is 4.47. The number of hydrogen-bond acceptors (Lipinski definition) is 3. The van der Waals surface area contributed by atoms with Gasteiger partial charge in [0.15, 0.2) is 0 Å². The molecule has 96 valence electrons. The van der Waals surface area contributed by atoms with Crippen LogP contribution in [0.25, 0.3) is 22.2 Å². The van der Waals surface area contributed by atoms with Gasteiger partial charge in [0.05, 0.1) is 11.6 Å². The van der Waals surface area contributed by atoms with E-state index >= 15 is 0 Å². The highest BCUT2D eigenvalue weighted by molar-refractivity contribution is 9.10. The molecule has 0 saturated heterocycles. The monoisotopic (exact) mass is 316 g/mol. The van der Waals surface area contributed by atoms with E-state index in [0.717, 1.165) is 32.5 Å². The average molecular weight is 317 g/mol. The number of rotatable bonds is 2. The van der Waals surface area contributed by atoms with E-state index < -0.39 is 0 Å². The number of furan rings is 1. The van der Waals surface area contributed by atoms with Crippen LogP contribution in [0.3, 0.4) is 0 Å². The Bertz CT molecular complexity index is 734. The normalized spacial score (nSPS) is 12.8. The van der Waals surface area contributed by atoms with E-state index in [2.05, 4.69) is 20.9 Å². The van der Waals surface area contributed by atoms with Gasteiger partial charge in [-0.1, -0.05) is 12.1 Å². The molecule has 1 aromatic carbocycles. The van der Waals surface area contributed by atoms with Gasteiger partial charge in [0.1, 0.15) is 11.5 Å². The fraction of sp³-hybridized carbons (Fsp3) is 0.133. The van der Waals surface area contributed by atoms with Gasteiger partial charge in [-0.05, 0) is 47.1 Å². The first-order chi connectivity index (χ1) is 9.15. The van der Waals surface area contributed by atoms with Gasteiger partial charge >= 0.3 is 0 Å². The van der Waals surface area contributed by atoms with Crippen LogP contribution < -0.4 is 5.73 Å². The van der Waals surface area contributed by atoms with Crippen molar-refractivity contribution in [2.24, 2.45) is 5.73 Å². The zero-order valence-corrected chi connectivity index (χ0v) is 12.0. The standard InChI is InChI=1S/C15H13BrN2O/c1-9(17)13-5-6-14(19-13)12-4-2-3-10-7-11(16)8-18-15(10)12/h2-9H,17H2,1H3. The molecule has 2 N–H and O–H groups in total. The molecule has 0 saturated carbocycles. The number of nitrogens with zero attached hydrogens (tertiary/aromatic N) is 1. The Morgan fingerprint density at radius 3 is 2.84 bits per heavy atom. The van der Waals surface area contributed by atoms with E-state index in [4.69, 9.17) is 10.2 Å². The number of pyridine rings is 1. The zero-order valence-electron chi connectivity index (χ0n) is 10.4. The summed E-state index contributed by atoms with van der Waals surface area (Å²) in [7, 11) is 0. The van der Waals surface area contributed by atoms with Gasteiger partial charge in [-0.3, -0.25) is 4.98 Å². The highest BCUT2D eigenvalue weighted by Gasteiger charge is 2.11. The second-order valence-electron chi connectivity index (χ2n) is 4.52.